The number of carbonyl (C=O) groups is 1. The quantitative estimate of drug-likeness (QED) is 0.527. The number of aromatic nitrogens is 1. The van der Waals surface area contributed by atoms with Gasteiger partial charge in [0.2, 0.25) is 0 Å². The van der Waals surface area contributed by atoms with E-state index in [-0.39, 0.29) is 5.97 Å². The smallest absolute Gasteiger partial charge is 0.337 e. The highest BCUT2D eigenvalue weighted by Gasteiger charge is 2.40. The molecule has 3 aromatic rings. The number of esters is 1. The fraction of sp³-hybridized carbons (Fsp3) is 0.483. The summed E-state index contributed by atoms with van der Waals surface area (Å²) in [5.41, 5.74) is 13.6. The van der Waals surface area contributed by atoms with Crippen LogP contribution in [0.5, 0.6) is 0 Å². The summed E-state index contributed by atoms with van der Waals surface area (Å²) in [5.74, 6) is 0.840. The Bertz CT molecular complexity index is 1220. The van der Waals surface area contributed by atoms with Crippen molar-refractivity contribution in [2.75, 3.05) is 26.7 Å². The highest BCUT2D eigenvalue weighted by Crippen LogP contribution is 2.51. The molecule has 0 radical (unpaired) electrons. The van der Waals surface area contributed by atoms with Gasteiger partial charge in [-0.1, -0.05) is 49.6 Å². The van der Waals surface area contributed by atoms with Gasteiger partial charge in [-0.15, -0.1) is 0 Å². The van der Waals surface area contributed by atoms with E-state index < -0.39 is 0 Å². The molecule has 1 saturated heterocycles. The molecule has 2 aliphatic heterocycles. The summed E-state index contributed by atoms with van der Waals surface area (Å²) >= 11 is 0. The molecular weight excluding hydrogens is 422 g/mol. The molecule has 0 unspecified atom stereocenters. The van der Waals surface area contributed by atoms with Crippen molar-refractivity contribution in [3.05, 3.63) is 59.2 Å². The van der Waals surface area contributed by atoms with E-state index in [2.05, 4.69) is 45.9 Å². The maximum absolute atomic E-state index is 12.4. The summed E-state index contributed by atoms with van der Waals surface area (Å²) in [6, 6.07) is 15.7. The molecule has 3 aliphatic rings. The van der Waals surface area contributed by atoms with Crippen molar-refractivity contribution in [3.63, 3.8) is 0 Å². The van der Waals surface area contributed by atoms with Crippen molar-refractivity contribution >= 4 is 16.9 Å². The predicted octanol–water partition coefficient (Wildman–Crippen LogP) is 5.48. The second-order valence-corrected chi connectivity index (χ2v) is 10.3. The number of likely N-dealkylation sites (tertiary alicyclic amines) is 1. The number of rotatable bonds is 4. The summed E-state index contributed by atoms with van der Waals surface area (Å²) in [6.07, 6.45) is 7.61. The van der Waals surface area contributed by atoms with Gasteiger partial charge >= 0.3 is 5.97 Å². The van der Waals surface area contributed by atoms with Crippen LogP contribution in [-0.2, 0) is 11.3 Å². The van der Waals surface area contributed by atoms with Gasteiger partial charge in [0, 0.05) is 42.1 Å². The number of hydrogen-bond donors (Lipinski definition) is 1. The van der Waals surface area contributed by atoms with Crippen molar-refractivity contribution in [2.24, 2.45) is 11.7 Å². The lowest BCUT2D eigenvalue weighted by Crippen LogP contribution is -2.31. The SMILES string of the molecule is COC(=O)c1ccc2c(C3CCCCC3)c3n(c2c1)C[C@@H]1CCN(CCN)[C@H]1c1ccccc1-3. The number of methoxy groups -OCH3 is 1. The Morgan fingerprint density at radius 3 is 2.71 bits per heavy atom. The maximum Gasteiger partial charge on any atom is 0.337 e. The largest absolute Gasteiger partial charge is 0.465 e. The van der Waals surface area contributed by atoms with Crippen molar-refractivity contribution in [1.29, 1.82) is 0 Å². The van der Waals surface area contributed by atoms with Crippen LogP contribution in [0.3, 0.4) is 0 Å². The van der Waals surface area contributed by atoms with E-state index in [1.807, 2.05) is 6.07 Å². The average Bonchev–Trinajstić information content (AvgIpc) is 3.38. The monoisotopic (exact) mass is 457 g/mol. The Hall–Kier alpha value is -2.63. The molecule has 2 aromatic carbocycles. The number of nitrogens with two attached hydrogens (primary N) is 1. The molecular formula is C29H35N3O2. The number of benzene rings is 2. The fourth-order valence-corrected chi connectivity index (χ4v) is 7.10. The van der Waals surface area contributed by atoms with Crippen LogP contribution in [-0.4, -0.2) is 42.2 Å². The van der Waals surface area contributed by atoms with Gasteiger partial charge in [-0.2, -0.15) is 0 Å². The van der Waals surface area contributed by atoms with Gasteiger partial charge in [-0.3, -0.25) is 4.90 Å². The maximum atomic E-state index is 12.4. The second kappa shape index (κ2) is 8.86. The normalized spacial score (nSPS) is 22.8. The Balaban J connectivity index is 1.62. The average molecular weight is 458 g/mol. The summed E-state index contributed by atoms with van der Waals surface area (Å²) in [6.45, 7) is 3.70. The minimum absolute atomic E-state index is 0.265. The molecule has 2 N–H and O–H groups in total. The summed E-state index contributed by atoms with van der Waals surface area (Å²) in [5, 5.41) is 1.32. The molecule has 2 fully saturated rings. The molecule has 3 heterocycles. The van der Waals surface area contributed by atoms with Gasteiger partial charge in [-0.05, 0) is 60.9 Å². The molecule has 0 spiro atoms. The lowest BCUT2D eigenvalue weighted by atomic mass is 9.81. The third-order valence-corrected chi connectivity index (χ3v) is 8.53. The second-order valence-electron chi connectivity index (χ2n) is 10.3. The minimum Gasteiger partial charge on any atom is -0.465 e. The number of hydrogen-bond acceptors (Lipinski definition) is 4. The van der Waals surface area contributed by atoms with E-state index in [4.69, 9.17) is 10.5 Å². The van der Waals surface area contributed by atoms with Crippen LogP contribution in [0.4, 0.5) is 0 Å². The first-order chi connectivity index (χ1) is 16.7. The first kappa shape index (κ1) is 21.9. The van der Waals surface area contributed by atoms with E-state index in [0.29, 0.717) is 30.0 Å². The summed E-state index contributed by atoms with van der Waals surface area (Å²) in [7, 11) is 1.46. The first-order valence-corrected chi connectivity index (χ1v) is 13.0. The molecule has 1 aromatic heterocycles. The van der Waals surface area contributed by atoms with Crippen LogP contribution >= 0.6 is 0 Å². The molecule has 2 atom stereocenters. The molecule has 0 bridgehead atoms. The highest BCUT2D eigenvalue weighted by molar-refractivity contribution is 5.99. The van der Waals surface area contributed by atoms with Crippen molar-refractivity contribution in [2.45, 2.75) is 57.0 Å². The Morgan fingerprint density at radius 1 is 1.09 bits per heavy atom. The van der Waals surface area contributed by atoms with E-state index in [9.17, 15) is 4.79 Å². The fourth-order valence-electron chi connectivity index (χ4n) is 7.10. The minimum atomic E-state index is -0.265. The third-order valence-electron chi connectivity index (χ3n) is 8.53. The highest BCUT2D eigenvalue weighted by atomic mass is 16.5. The van der Waals surface area contributed by atoms with Gasteiger partial charge in [-0.25, -0.2) is 4.79 Å². The molecule has 6 rings (SSSR count). The van der Waals surface area contributed by atoms with Gasteiger partial charge in [0.25, 0.3) is 0 Å². The predicted molar refractivity (Wildman–Crippen MR) is 136 cm³/mol. The van der Waals surface area contributed by atoms with Crippen molar-refractivity contribution < 1.29 is 9.53 Å². The molecule has 34 heavy (non-hydrogen) atoms. The summed E-state index contributed by atoms with van der Waals surface area (Å²) in [4.78, 5) is 15.0. The van der Waals surface area contributed by atoms with E-state index >= 15 is 0 Å². The third kappa shape index (κ3) is 3.40. The molecule has 0 amide bonds. The van der Waals surface area contributed by atoms with E-state index in [1.165, 1.54) is 78.9 Å². The first-order valence-electron chi connectivity index (χ1n) is 13.0. The number of fused-ring (bicyclic) bond motifs is 7. The molecule has 1 aliphatic carbocycles. The zero-order valence-electron chi connectivity index (χ0n) is 20.1. The molecule has 1 saturated carbocycles. The van der Waals surface area contributed by atoms with Gasteiger partial charge in [0.1, 0.15) is 0 Å². The standard InChI is InChI=1S/C29H35N3O2/c1-34-29(33)20-11-12-24-25(17-20)32-18-21-13-15-31(16-14-30)27(21)22-9-5-6-10-23(22)28(32)26(24)19-7-3-2-4-8-19/h5-6,9-12,17,19,21,27H,2-4,7-8,13-16,18,30H2,1H3/t21-,27+/m0/s1. The zero-order valence-corrected chi connectivity index (χ0v) is 20.1. The molecule has 5 nitrogen and oxygen atoms in total. The van der Waals surface area contributed by atoms with Crippen LogP contribution < -0.4 is 5.73 Å². The zero-order chi connectivity index (χ0) is 23.2. The lowest BCUT2D eigenvalue weighted by Gasteiger charge is -2.28. The van der Waals surface area contributed by atoms with Crippen molar-refractivity contribution in [3.8, 4) is 11.3 Å². The Kier molecular flexibility index (Phi) is 5.70. The van der Waals surface area contributed by atoms with Crippen LogP contribution in [0, 0.1) is 5.92 Å². The van der Waals surface area contributed by atoms with Gasteiger partial charge in [0.15, 0.2) is 0 Å². The Labute approximate surface area is 201 Å². The number of ether oxygens (including phenoxy) is 1. The molecule has 178 valence electrons. The van der Waals surface area contributed by atoms with E-state index in [0.717, 1.165) is 19.6 Å². The van der Waals surface area contributed by atoms with Crippen LogP contribution in [0.1, 0.15) is 72.0 Å². The topological polar surface area (TPSA) is 60.5 Å². The van der Waals surface area contributed by atoms with E-state index in [1.54, 1.807) is 0 Å². The molecule has 5 heteroatoms. The van der Waals surface area contributed by atoms with Crippen LogP contribution in [0.2, 0.25) is 0 Å². The van der Waals surface area contributed by atoms with Gasteiger partial charge < -0.3 is 15.0 Å². The lowest BCUT2D eigenvalue weighted by molar-refractivity contribution is 0.0601. The van der Waals surface area contributed by atoms with Crippen LogP contribution in [0.25, 0.3) is 22.2 Å². The Morgan fingerprint density at radius 2 is 1.91 bits per heavy atom. The van der Waals surface area contributed by atoms with Crippen LogP contribution in [0.15, 0.2) is 42.5 Å². The van der Waals surface area contributed by atoms with Gasteiger partial charge in [0.05, 0.1) is 18.4 Å². The van der Waals surface area contributed by atoms with Crippen molar-refractivity contribution in [1.82, 2.24) is 9.47 Å². The number of nitrogens with zero attached hydrogens (tertiary/aromatic N) is 2. The number of carbonyl (C=O) groups excluding carboxylic acids is 1. The summed E-state index contributed by atoms with van der Waals surface area (Å²) < 4.78 is 7.63.